The molecule has 0 unspecified atom stereocenters. The number of amides is 1. The predicted molar refractivity (Wildman–Crippen MR) is 61.9 cm³/mol. The van der Waals surface area contributed by atoms with E-state index in [0.29, 0.717) is 0 Å². The highest BCUT2D eigenvalue weighted by Crippen LogP contribution is 2.28. The summed E-state index contributed by atoms with van der Waals surface area (Å²) in [6.45, 7) is 0. The van der Waals surface area contributed by atoms with E-state index in [0.717, 1.165) is 6.07 Å². The molecule has 0 radical (unpaired) electrons. The third kappa shape index (κ3) is 2.37. The fourth-order valence-electron chi connectivity index (χ4n) is 1.38. The summed E-state index contributed by atoms with van der Waals surface area (Å²) in [7, 11) is 0. The minimum Gasteiger partial charge on any atom is -0.504 e. The summed E-state index contributed by atoms with van der Waals surface area (Å²) in [5.41, 5.74) is -0.124. The van der Waals surface area contributed by atoms with Crippen molar-refractivity contribution < 1.29 is 19.4 Å². The molecule has 1 amide bonds. The van der Waals surface area contributed by atoms with E-state index in [4.69, 9.17) is 0 Å². The number of rotatable bonds is 2. The molecule has 1 heterocycles. The third-order valence-electron chi connectivity index (χ3n) is 2.22. The Bertz CT molecular complexity index is 602. The van der Waals surface area contributed by atoms with Gasteiger partial charge in [0, 0.05) is 0 Å². The van der Waals surface area contributed by atoms with Crippen LogP contribution in [-0.4, -0.2) is 21.1 Å². The van der Waals surface area contributed by atoms with Crippen LogP contribution in [0.1, 0.15) is 10.4 Å². The number of phenolic OH excluding ortho intramolecular Hbond substituents is 2. The van der Waals surface area contributed by atoms with Crippen molar-refractivity contribution >= 4 is 11.7 Å². The molecule has 0 fully saturated rings. The molecular weight excluding hydrogens is 239 g/mol. The Balaban J connectivity index is 2.25. The number of pyridine rings is 1. The van der Waals surface area contributed by atoms with E-state index in [9.17, 15) is 19.4 Å². The van der Waals surface area contributed by atoms with Gasteiger partial charge in [0.05, 0.1) is 5.56 Å². The van der Waals surface area contributed by atoms with Crippen molar-refractivity contribution in [1.29, 1.82) is 0 Å². The second kappa shape index (κ2) is 4.70. The molecule has 92 valence electrons. The molecule has 5 nitrogen and oxygen atoms in total. The van der Waals surface area contributed by atoms with E-state index < -0.39 is 23.4 Å². The molecule has 0 bridgehead atoms. The summed E-state index contributed by atoms with van der Waals surface area (Å²) in [4.78, 5) is 15.2. The lowest BCUT2D eigenvalue weighted by Gasteiger charge is -2.06. The van der Waals surface area contributed by atoms with E-state index in [-0.39, 0.29) is 11.4 Å². The number of halogens is 1. The van der Waals surface area contributed by atoms with Gasteiger partial charge in [-0.25, -0.2) is 4.98 Å². The Morgan fingerprint density at radius 2 is 1.89 bits per heavy atom. The van der Waals surface area contributed by atoms with E-state index in [1.165, 1.54) is 30.3 Å². The number of carbonyl (C=O) groups excluding carboxylic acids is 1. The number of anilines is 1. The first kappa shape index (κ1) is 11.8. The van der Waals surface area contributed by atoms with Crippen LogP contribution in [0.4, 0.5) is 10.2 Å². The highest BCUT2D eigenvalue weighted by molar-refractivity contribution is 6.06. The molecule has 2 aromatic rings. The van der Waals surface area contributed by atoms with Crippen LogP contribution in [0.3, 0.4) is 0 Å². The number of nitrogens with one attached hydrogen (secondary N) is 1. The van der Waals surface area contributed by atoms with Crippen molar-refractivity contribution in [2.75, 3.05) is 5.32 Å². The van der Waals surface area contributed by atoms with Crippen LogP contribution < -0.4 is 5.32 Å². The Kier molecular flexibility index (Phi) is 3.09. The van der Waals surface area contributed by atoms with Crippen molar-refractivity contribution in [3.63, 3.8) is 0 Å². The molecule has 1 aromatic heterocycles. The highest BCUT2D eigenvalue weighted by atomic mass is 19.1. The minimum absolute atomic E-state index is 0.0164. The maximum absolute atomic E-state index is 12.8. The minimum atomic E-state index is -0.729. The summed E-state index contributed by atoms with van der Waals surface area (Å²) < 4.78 is 12.8. The molecule has 0 atom stereocenters. The molecule has 0 spiro atoms. The molecule has 18 heavy (non-hydrogen) atoms. The lowest BCUT2D eigenvalue weighted by molar-refractivity contribution is 0.102. The number of aromatic nitrogens is 1. The molecule has 0 saturated heterocycles. The number of hydrogen-bond donors (Lipinski definition) is 3. The second-order valence-corrected chi connectivity index (χ2v) is 3.47. The van der Waals surface area contributed by atoms with Gasteiger partial charge < -0.3 is 15.5 Å². The summed E-state index contributed by atoms with van der Waals surface area (Å²) in [5.74, 6) is -2.35. The van der Waals surface area contributed by atoms with Crippen molar-refractivity contribution in [2.24, 2.45) is 0 Å². The van der Waals surface area contributed by atoms with Gasteiger partial charge in [0.15, 0.2) is 11.5 Å². The number of carbonyl (C=O) groups is 1. The van der Waals surface area contributed by atoms with Crippen LogP contribution in [0.25, 0.3) is 0 Å². The zero-order valence-corrected chi connectivity index (χ0v) is 9.09. The average molecular weight is 248 g/mol. The lowest BCUT2D eigenvalue weighted by Crippen LogP contribution is -2.13. The number of benzene rings is 1. The maximum atomic E-state index is 12.8. The first-order chi connectivity index (χ1) is 8.58. The quantitative estimate of drug-likeness (QED) is 0.559. The van der Waals surface area contributed by atoms with E-state index in [1.54, 1.807) is 0 Å². The van der Waals surface area contributed by atoms with Crippen LogP contribution in [0.15, 0.2) is 36.4 Å². The largest absolute Gasteiger partial charge is 0.504 e. The smallest absolute Gasteiger partial charge is 0.260 e. The summed E-state index contributed by atoms with van der Waals surface area (Å²) in [5, 5.41) is 21.1. The fraction of sp³-hybridized carbons (Fsp3) is 0. The van der Waals surface area contributed by atoms with Crippen molar-refractivity contribution in [2.45, 2.75) is 0 Å². The van der Waals surface area contributed by atoms with E-state index in [2.05, 4.69) is 10.3 Å². The normalized spacial score (nSPS) is 10.1. The second-order valence-electron chi connectivity index (χ2n) is 3.47. The number of nitrogens with zero attached hydrogens (tertiary/aromatic N) is 1. The number of hydrogen-bond acceptors (Lipinski definition) is 4. The first-order valence-corrected chi connectivity index (χ1v) is 5.03. The zero-order valence-electron chi connectivity index (χ0n) is 9.09. The van der Waals surface area contributed by atoms with Gasteiger partial charge in [-0.05, 0) is 24.3 Å². The van der Waals surface area contributed by atoms with Gasteiger partial charge in [-0.3, -0.25) is 4.79 Å². The molecular formula is C12H9FN2O3. The molecule has 1 aromatic carbocycles. The van der Waals surface area contributed by atoms with Crippen molar-refractivity contribution in [3.05, 3.63) is 47.9 Å². The predicted octanol–water partition coefficient (Wildman–Crippen LogP) is 1.88. The Hall–Kier alpha value is -2.63. The van der Waals surface area contributed by atoms with Gasteiger partial charge in [0.1, 0.15) is 5.82 Å². The average Bonchev–Trinajstić information content (AvgIpc) is 2.32. The molecule has 2 rings (SSSR count). The van der Waals surface area contributed by atoms with Gasteiger partial charge in [0.25, 0.3) is 5.91 Å². The third-order valence-corrected chi connectivity index (χ3v) is 2.22. The summed E-state index contributed by atoms with van der Waals surface area (Å²) >= 11 is 0. The highest BCUT2D eigenvalue weighted by Gasteiger charge is 2.14. The summed E-state index contributed by atoms with van der Waals surface area (Å²) in [6.07, 6.45) is 0. The fourth-order valence-corrected chi connectivity index (χ4v) is 1.38. The van der Waals surface area contributed by atoms with Gasteiger partial charge in [-0.15, -0.1) is 0 Å². The number of aromatic hydroxyl groups is 2. The number of para-hydroxylation sites is 1. The van der Waals surface area contributed by atoms with E-state index >= 15 is 0 Å². The lowest BCUT2D eigenvalue weighted by atomic mass is 10.1. The van der Waals surface area contributed by atoms with Gasteiger partial charge in [0.2, 0.25) is 5.95 Å². The van der Waals surface area contributed by atoms with E-state index in [1.807, 2.05) is 0 Å². The molecule has 0 saturated carbocycles. The van der Waals surface area contributed by atoms with Crippen LogP contribution in [0.5, 0.6) is 11.5 Å². The first-order valence-electron chi connectivity index (χ1n) is 5.03. The molecule has 6 heteroatoms. The molecule has 0 aliphatic heterocycles. The molecule has 3 N–H and O–H groups in total. The van der Waals surface area contributed by atoms with Crippen molar-refractivity contribution in [1.82, 2.24) is 4.98 Å². The summed E-state index contributed by atoms with van der Waals surface area (Å²) in [6, 6.07) is 7.90. The van der Waals surface area contributed by atoms with Crippen molar-refractivity contribution in [3.8, 4) is 11.5 Å². The van der Waals surface area contributed by atoms with Gasteiger partial charge in [-0.1, -0.05) is 12.1 Å². The van der Waals surface area contributed by atoms with Gasteiger partial charge in [-0.2, -0.15) is 4.39 Å². The topological polar surface area (TPSA) is 82.5 Å². The van der Waals surface area contributed by atoms with Crippen LogP contribution in [-0.2, 0) is 0 Å². The zero-order chi connectivity index (χ0) is 13.1. The van der Waals surface area contributed by atoms with Crippen LogP contribution in [0.2, 0.25) is 0 Å². The Morgan fingerprint density at radius 1 is 1.17 bits per heavy atom. The van der Waals surface area contributed by atoms with Gasteiger partial charge >= 0.3 is 0 Å². The molecule has 0 aliphatic rings. The standard InChI is InChI=1S/C12H9FN2O3/c13-9-5-2-6-10(14-9)15-12(18)7-3-1-4-8(16)11(7)17/h1-6,16-17H,(H,14,15,18). The van der Waals surface area contributed by atoms with Crippen LogP contribution in [0, 0.1) is 5.95 Å². The Labute approximate surface area is 102 Å². The monoisotopic (exact) mass is 248 g/mol. The van der Waals surface area contributed by atoms with Crippen LogP contribution >= 0.6 is 0 Å². The maximum Gasteiger partial charge on any atom is 0.260 e. The SMILES string of the molecule is O=C(Nc1cccc(F)n1)c1cccc(O)c1O. The number of phenols is 2. The molecule has 0 aliphatic carbocycles. The Morgan fingerprint density at radius 3 is 2.61 bits per heavy atom.